The molecule has 0 bridgehead atoms. The smallest absolute Gasteiger partial charge is 0.386 e. The Bertz CT molecular complexity index is 697. The first-order chi connectivity index (χ1) is 11.9. The Balaban J connectivity index is 1.90. The Morgan fingerprint density at radius 3 is 2.88 bits per heavy atom. The predicted molar refractivity (Wildman–Crippen MR) is 97.6 cm³/mol. The number of amides is 1. The monoisotopic (exact) mass is 344 g/mol. The first-order valence-electron chi connectivity index (χ1n) is 8.49. The zero-order valence-corrected chi connectivity index (χ0v) is 14.6. The van der Waals surface area contributed by atoms with Crippen LogP contribution >= 0.6 is 0 Å². The highest BCUT2D eigenvalue weighted by Gasteiger charge is 2.20. The van der Waals surface area contributed by atoms with Gasteiger partial charge in [-0.15, -0.1) is 0 Å². The molecule has 1 aliphatic heterocycles. The number of fused-ring (bicyclic) bond motifs is 1. The number of aliphatic carboxylic acids is 1. The summed E-state index contributed by atoms with van der Waals surface area (Å²) in [4.78, 5) is 22.7. The lowest BCUT2D eigenvalue weighted by molar-refractivity contribution is -0.440. The molecule has 0 saturated heterocycles. The van der Waals surface area contributed by atoms with Crippen molar-refractivity contribution in [1.29, 1.82) is 0 Å². The maximum Gasteiger partial charge on any atom is 0.386 e. The largest absolute Gasteiger partial charge is 0.480 e. The van der Waals surface area contributed by atoms with Gasteiger partial charge in [0.2, 0.25) is 0 Å². The van der Waals surface area contributed by atoms with E-state index in [1.165, 1.54) is 21.3 Å². The average Bonchev–Trinajstić information content (AvgIpc) is 2.76. The Hall–Kier alpha value is -2.31. The molecule has 0 fully saturated rings. The molecular weight excluding hydrogens is 318 g/mol. The van der Waals surface area contributed by atoms with E-state index in [1.807, 2.05) is 12.1 Å². The summed E-state index contributed by atoms with van der Waals surface area (Å²) in [7, 11) is 0. The van der Waals surface area contributed by atoms with Gasteiger partial charge in [0.05, 0.1) is 6.42 Å². The van der Waals surface area contributed by atoms with Crippen LogP contribution in [0.1, 0.15) is 43.4 Å². The molecule has 2 atom stereocenters. The van der Waals surface area contributed by atoms with Gasteiger partial charge in [0.1, 0.15) is 12.8 Å². The molecule has 4 N–H and O–H groups in total. The highest BCUT2D eigenvalue weighted by Crippen LogP contribution is 2.24. The van der Waals surface area contributed by atoms with Crippen molar-refractivity contribution in [3.05, 3.63) is 41.0 Å². The third kappa shape index (κ3) is 5.34. The van der Waals surface area contributed by atoms with Crippen molar-refractivity contribution in [2.75, 3.05) is 13.1 Å². The minimum atomic E-state index is -1.09. The number of carboxylic acid groups (broad SMARTS) is 1. The van der Waals surface area contributed by atoms with Gasteiger partial charge in [-0.1, -0.05) is 30.3 Å². The number of hydrogen-bond acceptors (Lipinski definition) is 4. The predicted octanol–water partition coefficient (Wildman–Crippen LogP) is 1.56. The van der Waals surface area contributed by atoms with Gasteiger partial charge in [-0.3, -0.25) is 4.79 Å². The third-order valence-corrected chi connectivity index (χ3v) is 4.50. The lowest BCUT2D eigenvalue weighted by Crippen LogP contribution is -2.32. The molecule has 6 heteroatoms. The summed E-state index contributed by atoms with van der Waals surface area (Å²) in [6.07, 6.45) is 3.10. The lowest BCUT2D eigenvalue weighted by Gasteiger charge is -2.13. The Kier molecular flexibility index (Phi) is 6.61. The molecule has 0 spiro atoms. The topological polar surface area (TPSA) is 95.4 Å². The summed E-state index contributed by atoms with van der Waals surface area (Å²) in [5.41, 5.74) is 9.10. The summed E-state index contributed by atoms with van der Waals surface area (Å²) in [6.45, 7) is 7.17. The van der Waals surface area contributed by atoms with Crippen LogP contribution in [0.15, 0.2) is 29.8 Å². The molecule has 0 radical (unpaired) electrons. The fraction of sp³-hybridized carbons (Fsp3) is 0.421. The van der Waals surface area contributed by atoms with E-state index in [9.17, 15) is 9.59 Å². The van der Waals surface area contributed by atoms with Crippen molar-refractivity contribution in [2.45, 2.75) is 38.3 Å². The summed E-state index contributed by atoms with van der Waals surface area (Å²) in [5, 5.41) is 12.2. The first-order valence-corrected chi connectivity index (χ1v) is 8.49. The quantitative estimate of drug-likeness (QED) is 0.515. The van der Waals surface area contributed by atoms with Crippen molar-refractivity contribution in [3.8, 4) is 0 Å². The number of hydrogen-bond donors (Lipinski definition) is 3. The number of nitrogens with zero attached hydrogens (tertiary/aromatic N) is 1. The molecule has 2 unspecified atom stereocenters. The van der Waals surface area contributed by atoms with Gasteiger partial charge < -0.3 is 16.2 Å². The summed E-state index contributed by atoms with van der Waals surface area (Å²) in [6, 6.07) is 7.54. The van der Waals surface area contributed by atoms with Gasteiger partial charge in [0.15, 0.2) is 6.54 Å². The summed E-state index contributed by atoms with van der Waals surface area (Å²) < 4.78 is 1.40. The fourth-order valence-electron chi connectivity index (χ4n) is 2.83. The van der Waals surface area contributed by atoms with Gasteiger partial charge in [0, 0.05) is 19.0 Å². The maximum atomic E-state index is 12.0. The average molecular weight is 344 g/mol. The summed E-state index contributed by atoms with van der Waals surface area (Å²) in [5.74, 6) is -1.28. The molecule has 0 aromatic heterocycles. The number of nitrogens with one attached hydrogen (secondary N) is 1. The van der Waals surface area contributed by atoms with Gasteiger partial charge in [-0.2, -0.15) is 4.58 Å². The molecule has 6 nitrogen and oxygen atoms in total. The van der Waals surface area contributed by atoms with Crippen LogP contribution in [0.25, 0.3) is 6.08 Å². The van der Waals surface area contributed by atoms with Gasteiger partial charge in [-0.05, 0) is 30.0 Å². The standard InChI is InChI=1S/C19H25N3O3/c1-13-16-6-4-3-5-15(16)11-14(12-21-13)9-10-22(2)18(23)8-7-17(20)19(24)25/h3-6,11,13,17,21H,2,7-10,12,20H2,1H3/p+1. The Morgan fingerprint density at radius 2 is 2.16 bits per heavy atom. The number of rotatable bonds is 7. The van der Waals surface area contributed by atoms with Crippen LogP contribution in [0.3, 0.4) is 0 Å². The van der Waals surface area contributed by atoms with E-state index in [0.717, 1.165) is 6.54 Å². The molecule has 1 amide bonds. The molecule has 1 heterocycles. The molecule has 0 saturated carbocycles. The van der Waals surface area contributed by atoms with Crippen molar-refractivity contribution in [1.82, 2.24) is 5.32 Å². The van der Waals surface area contributed by atoms with E-state index < -0.39 is 12.0 Å². The van der Waals surface area contributed by atoms with Gasteiger partial charge in [-0.25, -0.2) is 4.79 Å². The van der Waals surface area contributed by atoms with Crippen molar-refractivity contribution in [2.24, 2.45) is 5.73 Å². The van der Waals surface area contributed by atoms with E-state index in [4.69, 9.17) is 10.8 Å². The highest BCUT2D eigenvalue weighted by molar-refractivity contribution is 5.75. The Morgan fingerprint density at radius 1 is 1.44 bits per heavy atom. The maximum absolute atomic E-state index is 12.0. The van der Waals surface area contributed by atoms with E-state index >= 15 is 0 Å². The van der Waals surface area contributed by atoms with Gasteiger partial charge in [0.25, 0.3) is 0 Å². The van der Waals surface area contributed by atoms with Crippen LogP contribution < -0.4 is 11.1 Å². The van der Waals surface area contributed by atoms with Crippen LogP contribution in [0, 0.1) is 0 Å². The van der Waals surface area contributed by atoms with E-state index in [-0.39, 0.29) is 24.8 Å². The van der Waals surface area contributed by atoms with Crippen molar-refractivity contribution in [3.63, 3.8) is 0 Å². The summed E-state index contributed by atoms with van der Waals surface area (Å²) >= 11 is 0. The second-order valence-electron chi connectivity index (χ2n) is 6.42. The van der Waals surface area contributed by atoms with E-state index in [1.54, 1.807) is 0 Å². The number of carboxylic acids is 1. The van der Waals surface area contributed by atoms with Crippen LogP contribution in [0.2, 0.25) is 0 Å². The SMILES string of the molecule is C=[N+](CCC1=Cc2ccccc2C(C)NC1)C(=O)CCC(N)C(=O)O. The highest BCUT2D eigenvalue weighted by atomic mass is 16.4. The molecule has 25 heavy (non-hydrogen) atoms. The van der Waals surface area contributed by atoms with Crippen LogP contribution in [0.5, 0.6) is 0 Å². The lowest BCUT2D eigenvalue weighted by atomic mass is 10.0. The van der Waals surface area contributed by atoms with Crippen LogP contribution in [0.4, 0.5) is 0 Å². The zero-order chi connectivity index (χ0) is 18.4. The number of benzene rings is 1. The second-order valence-corrected chi connectivity index (χ2v) is 6.42. The second kappa shape index (κ2) is 8.69. The van der Waals surface area contributed by atoms with Crippen molar-refractivity contribution >= 4 is 24.7 Å². The normalized spacial score (nSPS) is 17.8. The minimum Gasteiger partial charge on any atom is -0.480 e. The molecule has 1 aliphatic rings. The van der Waals surface area contributed by atoms with E-state index in [0.29, 0.717) is 13.0 Å². The molecule has 134 valence electrons. The minimum absolute atomic E-state index is 0.0914. The van der Waals surface area contributed by atoms with E-state index in [2.05, 4.69) is 37.2 Å². The van der Waals surface area contributed by atoms with Crippen LogP contribution in [-0.4, -0.2) is 47.4 Å². The fourth-order valence-corrected chi connectivity index (χ4v) is 2.83. The first kappa shape index (κ1) is 19.0. The van der Waals surface area contributed by atoms with Crippen molar-refractivity contribution < 1.29 is 19.3 Å². The van der Waals surface area contributed by atoms with Crippen LogP contribution in [-0.2, 0) is 9.59 Å². The zero-order valence-electron chi connectivity index (χ0n) is 14.6. The number of carbonyl (C=O) groups excluding carboxylic acids is 1. The molecule has 1 aromatic rings. The number of nitrogens with two attached hydrogens (primary N) is 1. The molecular formula is C19H26N3O3+. The molecule has 1 aromatic carbocycles. The Labute approximate surface area is 148 Å². The van der Waals surface area contributed by atoms with Gasteiger partial charge >= 0.3 is 11.9 Å². The molecule has 0 aliphatic carbocycles. The third-order valence-electron chi connectivity index (χ3n) is 4.50. The number of carbonyl (C=O) groups is 2. The molecule has 2 rings (SSSR count).